The number of rotatable bonds is 4. The van der Waals surface area contributed by atoms with Crippen molar-refractivity contribution >= 4 is 5.95 Å². The molecule has 0 bridgehead atoms. The van der Waals surface area contributed by atoms with Gasteiger partial charge in [-0.3, -0.25) is 0 Å². The number of nitrogens with zero attached hydrogens (tertiary/aromatic N) is 5. The van der Waals surface area contributed by atoms with Gasteiger partial charge in [0.15, 0.2) is 5.82 Å². The van der Waals surface area contributed by atoms with Gasteiger partial charge in [0.1, 0.15) is 0 Å². The quantitative estimate of drug-likeness (QED) is 0.864. The molecule has 0 spiro atoms. The molecular weight excluding hydrogens is 278 g/mol. The van der Waals surface area contributed by atoms with Crippen LogP contribution in [0.3, 0.4) is 0 Å². The lowest BCUT2D eigenvalue weighted by Crippen LogP contribution is -2.35. The van der Waals surface area contributed by atoms with Crippen molar-refractivity contribution in [1.82, 2.24) is 20.1 Å². The SMILES string of the molecule is Cc1ccnc(N2CCC(Cc3noc(C4CC4)n3)CC2)n1. The van der Waals surface area contributed by atoms with E-state index in [0.717, 1.165) is 55.7 Å². The molecule has 2 aromatic rings. The molecule has 0 amide bonds. The van der Waals surface area contributed by atoms with Crippen LogP contribution in [-0.2, 0) is 6.42 Å². The van der Waals surface area contributed by atoms with E-state index in [0.29, 0.717) is 11.8 Å². The van der Waals surface area contributed by atoms with E-state index in [1.165, 1.54) is 12.8 Å². The monoisotopic (exact) mass is 299 g/mol. The van der Waals surface area contributed by atoms with Crippen molar-refractivity contribution in [2.45, 2.75) is 44.9 Å². The molecule has 3 heterocycles. The maximum atomic E-state index is 5.34. The third kappa shape index (κ3) is 2.96. The summed E-state index contributed by atoms with van der Waals surface area (Å²) in [6.45, 7) is 4.01. The largest absolute Gasteiger partial charge is 0.341 e. The average Bonchev–Trinajstić information content (AvgIpc) is 3.28. The molecule has 2 aromatic heterocycles. The van der Waals surface area contributed by atoms with E-state index in [4.69, 9.17) is 4.52 Å². The number of anilines is 1. The Morgan fingerprint density at radius 1 is 1.18 bits per heavy atom. The zero-order chi connectivity index (χ0) is 14.9. The lowest BCUT2D eigenvalue weighted by atomic mass is 9.93. The molecule has 4 rings (SSSR count). The third-order valence-corrected chi connectivity index (χ3v) is 4.56. The summed E-state index contributed by atoms with van der Waals surface area (Å²) in [5.74, 6) is 3.76. The third-order valence-electron chi connectivity index (χ3n) is 4.56. The van der Waals surface area contributed by atoms with E-state index in [-0.39, 0.29) is 0 Å². The molecule has 1 aliphatic carbocycles. The smallest absolute Gasteiger partial charge is 0.229 e. The first-order chi connectivity index (χ1) is 10.8. The fraction of sp³-hybridized carbons (Fsp3) is 0.625. The Morgan fingerprint density at radius 2 is 2.00 bits per heavy atom. The molecular formula is C16H21N5O. The molecule has 116 valence electrons. The predicted molar refractivity (Wildman–Crippen MR) is 81.7 cm³/mol. The van der Waals surface area contributed by atoms with Crippen molar-refractivity contribution in [2.75, 3.05) is 18.0 Å². The molecule has 1 aliphatic heterocycles. The second-order valence-corrected chi connectivity index (χ2v) is 6.46. The molecule has 22 heavy (non-hydrogen) atoms. The highest BCUT2D eigenvalue weighted by molar-refractivity contribution is 5.30. The second kappa shape index (κ2) is 5.66. The molecule has 1 saturated heterocycles. The van der Waals surface area contributed by atoms with Gasteiger partial charge in [-0.1, -0.05) is 5.16 Å². The van der Waals surface area contributed by atoms with Crippen LogP contribution in [0.2, 0.25) is 0 Å². The highest BCUT2D eigenvalue weighted by atomic mass is 16.5. The maximum Gasteiger partial charge on any atom is 0.229 e. The lowest BCUT2D eigenvalue weighted by molar-refractivity contribution is 0.358. The number of aryl methyl sites for hydroxylation is 1. The second-order valence-electron chi connectivity index (χ2n) is 6.46. The van der Waals surface area contributed by atoms with Crippen LogP contribution in [0.4, 0.5) is 5.95 Å². The molecule has 0 atom stereocenters. The summed E-state index contributed by atoms with van der Waals surface area (Å²) in [4.78, 5) is 15.7. The fourth-order valence-electron chi connectivity index (χ4n) is 3.03. The summed E-state index contributed by atoms with van der Waals surface area (Å²) in [5.41, 5.74) is 1.02. The minimum Gasteiger partial charge on any atom is -0.341 e. The standard InChI is InChI=1S/C16H21N5O/c1-11-4-7-17-16(18-11)21-8-5-12(6-9-21)10-14-19-15(22-20-14)13-2-3-13/h4,7,12-13H,2-3,5-6,8-10H2,1H3. The van der Waals surface area contributed by atoms with Crippen LogP contribution >= 0.6 is 0 Å². The van der Waals surface area contributed by atoms with Crippen LogP contribution in [0.25, 0.3) is 0 Å². The Bertz CT molecular complexity index is 643. The summed E-state index contributed by atoms with van der Waals surface area (Å²) >= 11 is 0. The van der Waals surface area contributed by atoms with Gasteiger partial charge in [-0.15, -0.1) is 0 Å². The molecule has 6 heteroatoms. The van der Waals surface area contributed by atoms with Crippen LogP contribution in [0.5, 0.6) is 0 Å². The Labute approximate surface area is 130 Å². The van der Waals surface area contributed by atoms with Gasteiger partial charge >= 0.3 is 0 Å². The molecule has 2 aliphatic rings. The van der Waals surface area contributed by atoms with E-state index in [1.54, 1.807) is 0 Å². The Morgan fingerprint density at radius 3 is 2.73 bits per heavy atom. The van der Waals surface area contributed by atoms with Crippen LogP contribution in [0.15, 0.2) is 16.8 Å². The Kier molecular flexibility index (Phi) is 3.52. The van der Waals surface area contributed by atoms with E-state index in [1.807, 2.05) is 19.2 Å². The number of hydrogen-bond acceptors (Lipinski definition) is 6. The highest BCUT2D eigenvalue weighted by Crippen LogP contribution is 2.39. The molecule has 2 fully saturated rings. The molecule has 1 saturated carbocycles. The van der Waals surface area contributed by atoms with Crippen LogP contribution < -0.4 is 4.90 Å². The predicted octanol–water partition coefficient (Wildman–Crippen LogP) is 2.50. The first-order valence-corrected chi connectivity index (χ1v) is 8.15. The maximum absolute atomic E-state index is 5.34. The van der Waals surface area contributed by atoms with E-state index < -0.39 is 0 Å². The topological polar surface area (TPSA) is 67.9 Å². The number of hydrogen-bond donors (Lipinski definition) is 0. The van der Waals surface area contributed by atoms with Gasteiger partial charge in [-0.25, -0.2) is 9.97 Å². The molecule has 0 N–H and O–H groups in total. The summed E-state index contributed by atoms with van der Waals surface area (Å²) in [6.07, 6.45) is 7.43. The van der Waals surface area contributed by atoms with E-state index >= 15 is 0 Å². The summed E-state index contributed by atoms with van der Waals surface area (Å²) in [7, 11) is 0. The van der Waals surface area contributed by atoms with Gasteiger partial charge in [0.25, 0.3) is 0 Å². The van der Waals surface area contributed by atoms with Crippen molar-refractivity contribution in [1.29, 1.82) is 0 Å². The van der Waals surface area contributed by atoms with Crippen molar-refractivity contribution in [3.8, 4) is 0 Å². The number of aromatic nitrogens is 4. The first-order valence-electron chi connectivity index (χ1n) is 8.15. The first kappa shape index (κ1) is 13.7. The van der Waals surface area contributed by atoms with Gasteiger partial charge in [0.2, 0.25) is 11.8 Å². The summed E-state index contributed by atoms with van der Waals surface area (Å²) in [5, 5.41) is 4.14. The van der Waals surface area contributed by atoms with Crippen LogP contribution in [0.1, 0.15) is 49.0 Å². The number of piperidine rings is 1. The normalized spacial score (nSPS) is 19.6. The minimum atomic E-state index is 0.543. The van der Waals surface area contributed by atoms with Gasteiger partial charge in [-0.2, -0.15) is 4.98 Å². The van der Waals surface area contributed by atoms with Gasteiger partial charge in [0.05, 0.1) is 0 Å². The van der Waals surface area contributed by atoms with Crippen molar-refractivity contribution < 1.29 is 4.52 Å². The van der Waals surface area contributed by atoms with Crippen molar-refractivity contribution in [2.24, 2.45) is 5.92 Å². The summed E-state index contributed by atoms with van der Waals surface area (Å²) in [6, 6.07) is 1.93. The van der Waals surface area contributed by atoms with Crippen LogP contribution in [0, 0.1) is 12.8 Å². The minimum absolute atomic E-state index is 0.543. The van der Waals surface area contributed by atoms with Gasteiger partial charge in [0, 0.05) is 37.3 Å². The fourth-order valence-corrected chi connectivity index (χ4v) is 3.03. The van der Waals surface area contributed by atoms with E-state index in [2.05, 4.69) is 25.0 Å². The van der Waals surface area contributed by atoms with E-state index in [9.17, 15) is 0 Å². The van der Waals surface area contributed by atoms with Gasteiger partial charge in [-0.05, 0) is 44.6 Å². The Hall–Kier alpha value is -1.98. The van der Waals surface area contributed by atoms with Crippen molar-refractivity contribution in [3.63, 3.8) is 0 Å². The van der Waals surface area contributed by atoms with Gasteiger partial charge < -0.3 is 9.42 Å². The zero-order valence-corrected chi connectivity index (χ0v) is 12.9. The highest BCUT2D eigenvalue weighted by Gasteiger charge is 2.30. The zero-order valence-electron chi connectivity index (χ0n) is 12.9. The molecule has 6 nitrogen and oxygen atoms in total. The lowest BCUT2D eigenvalue weighted by Gasteiger charge is -2.31. The Balaban J connectivity index is 1.33. The van der Waals surface area contributed by atoms with Crippen LogP contribution in [-0.4, -0.2) is 33.2 Å². The molecule has 0 unspecified atom stereocenters. The molecule has 0 radical (unpaired) electrons. The van der Waals surface area contributed by atoms with Crippen molar-refractivity contribution in [3.05, 3.63) is 29.7 Å². The molecule has 0 aromatic carbocycles. The summed E-state index contributed by atoms with van der Waals surface area (Å²) < 4.78 is 5.34. The average molecular weight is 299 g/mol.